The van der Waals surface area contributed by atoms with Crippen molar-refractivity contribution >= 4 is 28.2 Å². The third-order valence-electron chi connectivity index (χ3n) is 3.87. The van der Waals surface area contributed by atoms with Crippen molar-refractivity contribution in [1.29, 1.82) is 0 Å². The minimum absolute atomic E-state index is 0.496. The molecule has 2 aliphatic rings. The molecule has 0 bridgehead atoms. The monoisotopic (exact) mass is 289 g/mol. The maximum Gasteiger partial charge on any atom is 0.0729 e. The van der Waals surface area contributed by atoms with Crippen molar-refractivity contribution < 1.29 is 0 Å². The van der Waals surface area contributed by atoms with E-state index in [1.807, 2.05) is 11.8 Å². The summed E-state index contributed by atoms with van der Waals surface area (Å²) in [4.78, 5) is 2.55. The van der Waals surface area contributed by atoms with E-state index in [1.54, 1.807) is 0 Å². The van der Waals surface area contributed by atoms with Gasteiger partial charge in [0.25, 0.3) is 0 Å². The first-order chi connectivity index (χ1) is 9.33. The van der Waals surface area contributed by atoms with Crippen LogP contribution < -0.4 is 0 Å². The first kappa shape index (κ1) is 13.2. The van der Waals surface area contributed by atoms with E-state index in [9.17, 15) is 0 Å². The molecule has 0 radical (unpaired) electrons. The highest BCUT2D eigenvalue weighted by Crippen LogP contribution is 2.41. The van der Waals surface area contributed by atoms with Crippen LogP contribution in [0.1, 0.15) is 36.5 Å². The number of likely N-dealkylation sites (tertiary alicyclic amines) is 1. The highest BCUT2D eigenvalue weighted by Gasteiger charge is 2.24. The first-order valence-electron chi connectivity index (χ1n) is 7.04. The molecule has 0 aromatic heterocycles. The summed E-state index contributed by atoms with van der Waals surface area (Å²) < 4.78 is 1.04. The highest BCUT2D eigenvalue weighted by atomic mass is 32.2. The van der Waals surface area contributed by atoms with Crippen molar-refractivity contribution in [1.82, 2.24) is 4.90 Å². The normalized spacial score (nSPS) is 24.2. The summed E-state index contributed by atoms with van der Waals surface area (Å²) >= 11 is 7.32. The Kier molecular flexibility index (Phi) is 4.24. The van der Waals surface area contributed by atoms with Crippen LogP contribution in [0.2, 0.25) is 0 Å². The number of allylic oxidation sites excluding steroid dienone is 1. The standard InChI is InChI=1S/C16H19NS2/c18-16-12-14(17-9-5-2-6-10-17)11-15(19-16)13-7-3-1-4-8-13/h1,3-4,7-8,12,15H,2,5-6,9-11H2. The first-order valence-corrected chi connectivity index (χ1v) is 8.33. The van der Waals surface area contributed by atoms with Gasteiger partial charge in [-0.25, -0.2) is 0 Å². The van der Waals surface area contributed by atoms with Gasteiger partial charge in [0.05, 0.1) is 4.20 Å². The maximum absolute atomic E-state index is 5.49. The molecule has 1 aromatic rings. The molecule has 2 aliphatic heterocycles. The summed E-state index contributed by atoms with van der Waals surface area (Å²) in [7, 11) is 0. The van der Waals surface area contributed by atoms with Crippen molar-refractivity contribution in [3.63, 3.8) is 0 Å². The van der Waals surface area contributed by atoms with Gasteiger partial charge in [-0.3, -0.25) is 0 Å². The summed E-state index contributed by atoms with van der Waals surface area (Å²) in [5, 5.41) is 0.496. The lowest BCUT2D eigenvalue weighted by molar-refractivity contribution is 0.276. The van der Waals surface area contributed by atoms with Gasteiger partial charge in [-0.05, 0) is 30.9 Å². The number of nitrogens with zero attached hydrogens (tertiary/aromatic N) is 1. The molecule has 3 heteroatoms. The van der Waals surface area contributed by atoms with Crippen molar-refractivity contribution in [3.8, 4) is 0 Å². The zero-order chi connectivity index (χ0) is 13.1. The molecule has 100 valence electrons. The second-order valence-corrected chi connectivity index (χ2v) is 7.17. The Morgan fingerprint density at radius 1 is 1.05 bits per heavy atom. The van der Waals surface area contributed by atoms with Crippen molar-refractivity contribution in [3.05, 3.63) is 47.7 Å². The third kappa shape index (κ3) is 3.21. The van der Waals surface area contributed by atoms with Crippen LogP contribution in [0.5, 0.6) is 0 Å². The molecule has 1 fully saturated rings. The number of rotatable bonds is 2. The van der Waals surface area contributed by atoms with Crippen molar-refractivity contribution in [2.24, 2.45) is 0 Å². The number of piperidine rings is 1. The maximum atomic E-state index is 5.49. The Morgan fingerprint density at radius 2 is 1.79 bits per heavy atom. The van der Waals surface area contributed by atoms with Gasteiger partial charge in [0.15, 0.2) is 0 Å². The summed E-state index contributed by atoms with van der Waals surface area (Å²) in [5.74, 6) is 0. The van der Waals surface area contributed by atoms with E-state index in [1.165, 1.54) is 43.6 Å². The Labute approximate surface area is 125 Å². The van der Waals surface area contributed by atoms with Crippen LogP contribution in [0.4, 0.5) is 0 Å². The Bertz CT molecular complexity index is 475. The van der Waals surface area contributed by atoms with Crippen LogP contribution in [-0.4, -0.2) is 22.2 Å². The van der Waals surface area contributed by atoms with Gasteiger partial charge < -0.3 is 4.90 Å². The van der Waals surface area contributed by atoms with Crippen LogP contribution in [0.15, 0.2) is 42.1 Å². The number of thioether (sulfide) groups is 1. The van der Waals surface area contributed by atoms with Gasteiger partial charge >= 0.3 is 0 Å². The van der Waals surface area contributed by atoms with E-state index in [2.05, 4.69) is 41.3 Å². The molecule has 0 N–H and O–H groups in total. The third-order valence-corrected chi connectivity index (χ3v) is 5.35. The highest BCUT2D eigenvalue weighted by molar-refractivity contribution is 8.23. The lowest BCUT2D eigenvalue weighted by atomic mass is 10.0. The second-order valence-electron chi connectivity index (χ2n) is 5.22. The van der Waals surface area contributed by atoms with Gasteiger partial charge in [0.1, 0.15) is 0 Å². The summed E-state index contributed by atoms with van der Waals surface area (Å²) in [5.41, 5.74) is 2.86. The van der Waals surface area contributed by atoms with Gasteiger partial charge in [-0.2, -0.15) is 0 Å². The minimum Gasteiger partial charge on any atom is -0.375 e. The molecule has 0 saturated carbocycles. The van der Waals surface area contributed by atoms with Gasteiger partial charge in [0, 0.05) is 30.5 Å². The van der Waals surface area contributed by atoms with Crippen molar-refractivity contribution in [2.75, 3.05) is 13.1 Å². The zero-order valence-electron chi connectivity index (χ0n) is 11.0. The predicted octanol–water partition coefficient (Wildman–Crippen LogP) is 4.56. The van der Waals surface area contributed by atoms with E-state index < -0.39 is 0 Å². The molecule has 1 nitrogen and oxygen atoms in total. The number of benzene rings is 1. The minimum atomic E-state index is 0.496. The quantitative estimate of drug-likeness (QED) is 0.735. The van der Waals surface area contributed by atoms with Crippen LogP contribution >= 0.6 is 24.0 Å². The van der Waals surface area contributed by atoms with Crippen molar-refractivity contribution in [2.45, 2.75) is 30.9 Å². The average molecular weight is 289 g/mol. The Morgan fingerprint density at radius 3 is 2.53 bits per heavy atom. The molecule has 19 heavy (non-hydrogen) atoms. The molecule has 1 aromatic carbocycles. The Hall–Kier alpha value is -0.800. The molecule has 1 saturated heterocycles. The zero-order valence-corrected chi connectivity index (χ0v) is 12.7. The van der Waals surface area contributed by atoms with Crippen LogP contribution in [0, 0.1) is 0 Å². The number of thiocarbonyl (C=S) groups is 1. The van der Waals surface area contributed by atoms with E-state index in [0.717, 1.165) is 10.6 Å². The molecule has 1 atom stereocenters. The van der Waals surface area contributed by atoms with Gasteiger partial charge in [-0.1, -0.05) is 42.5 Å². The topological polar surface area (TPSA) is 3.24 Å². The molecule has 0 spiro atoms. The van der Waals surface area contributed by atoms with Crippen LogP contribution in [0.3, 0.4) is 0 Å². The molecule has 1 unspecified atom stereocenters. The molecule has 0 aliphatic carbocycles. The molecule has 0 amide bonds. The summed E-state index contributed by atoms with van der Waals surface area (Å²) in [6, 6.07) is 10.8. The van der Waals surface area contributed by atoms with E-state index in [4.69, 9.17) is 12.2 Å². The molecule has 2 heterocycles. The van der Waals surface area contributed by atoms with E-state index >= 15 is 0 Å². The fraction of sp³-hybridized carbons (Fsp3) is 0.438. The lowest BCUT2D eigenvalue weighted by Crippen LogP contribution is -2.31. The molecular weight excluding hydrogens is 270 g/mol. The van der Waals surface area contributed by atoms with Crippen LogP contribution in [0.25, 0.3) is 0 Å². The molecular formula is C16H19NS2. The largest absolute Gasteiger partial charge is 0.375 e. The van der Waals surface area contributed by atoms with Gasteiger partial charge in [-0.15, -0.1) is 11.8 Å². The van der Waals surface area contributed by atoms with E-state index in [-0.39, 0.29) is 0 Å². The predicted molar refractivity (Wildman–Crippen MR) is 87.5 cm³/mol. The van der Waals surface area contributed by atoms with E-state index in [0.29, 0.717) is 5.25 Å². The SMILES string of the molecule is S=C1C=C(N2CCCCC2)CC(c2ccccc2)S1. The second kappa shape index (κ2) is 6.10. The summed E-state index contributed by atoms with van der Waals surface area (Å²) in [6.07, 6.45) is 7.38. The smallest absolute Gasteiger partial charge is 0.0729 e. The fourth-order valence-corrected chi connectivity index (χ4v) is 4.37. The van der Waals surface area contributed by atoms with Gasteiger partial charge in [0.2, 0.25) is 0 Å². The number of hydrogen-bond donors (Lipinski definition) is 0. The molecule has 3 rings (SSSR count). The van der Waals surface area contributed by atoms with Crippen LogP contribution in [-0.2, 0) is 0 Å². The Balaban J connectivity index is 1.77. The average Bonchev–Trinajstić information content (AvgIpc) is 2.48. The summed E-state index contributed by atoms with van der Waals surface area (Å²) in [6.45, 7) is 2.42. The number of hydrogen-bond acceptors (Lipinski definition) is 3. The fourth-order valence-electron chi connectivity index (χ4n) is 2.86. The lowest BCUT2D eigenvalue weighted by Gasteiger charge is -2.35.